The topological polar surface area (TPSA) is 73.1 Å². The lowest BCUT2D eigenvalue weighted by molar-refractivity contribution is -0.139. The molecule has 1 aliphatic heterocycles. The number of anilines is 1. The molecule has 9 heteroatoms. The van der Waals surface area contributed by atoms with Crippen molar-refractivity contribution in [1.29, 1.82) is 0 Å². The third-order valence-electron chi connectivity index (χ3n) is 5.84. The molecule has 0 fully saturated rings. The van der Waals surface area contributed by atoms with E-state index in [2.05, 4.69) is 20.9 Å². The number of aromatic nitrogens is 1. The smallest absolute Gasteiger partial charge is 0.338 e. The second kappa shape index (κ2) is 11.1. The van der Waals surface area contributed by atoms with Crippen LogP contribution >= 0.6 is 27.3 Å². The zero-order valence-electron chi connectivity index (χ0n) is 21.7. The van der Waals surface area contributed by atoms with E-state index in [4.69, 9.17) is 9.47 Å². The minimum absolute atomic E-state index is 0.0864. The maximum Gasteiger partial charge on any atom is 0.338 e. The molecule has 0 bridgehead atoms. The number of hydrogen-bond acceptors (Lipinski definition) is 7. The molecule has 1 aromatic heterocycles. The molecule has 0 saturated carbocycles. The van der Waals surface area contributed by atoms with Crippen LogP contribution in [0.5, 0.6) is 5.75 Å². The Bertz CT molecular complexity index is 1550. The molecule has 0 unspecified atom stereocenters. The summed E-state index contributed by atoms with van der Waals surface area (Å²) < 4.78 is 14.5. The van der Waals surface area contributed by atoms with Crippen LogP contribution in [0.25, 0.3) is 6.08 Å². The first-order valence-corrected chi connectivity index (χ1v) is 13.7. The fourth-order valence-electron chi connectivity index (χ4n) is 4.28. The Balaban J connectivity index is 1.95. The van der Waals surface area contributed by atoms with E-state index in [-0.39, 0.29) is 18.3 Å². The Morgan fingerprint density at radius 2 is 1.97 bits per heavy atom. The third-order valence-corrected chi connectivity index (χ3v) is 7.46. The predicted octanol–water partition coefficient (Wildman–Crippen LogP) is 4.41. The van der Waals surface area contributed by atoms with Crippen LogP contribution in [0.4, 0.5) is 5.69 Å². The summed E-state index contributed by atoms with van der Waals surface area (Å²) in [6.07, 6.45) is 1.77. The highest BCUT2D eigenvalue weighted by atomic mass is 79.9. The Morgan fingerprint density at radius 1 is 1.24 bits per heavy atom. The number of para-hydroxylation sites is 1. The quantitative estimate of drug-likeness (QED) is 0.385. The van der Waals surface area contributed by atoms with Crippen molar-refractivity contribution in [2.45, 2.75) is 39.8 Å². The van der Waals surface area contributed by atoms with Crippen LogP contribution in [0.2, 0.25) is 0 Å². The van der Waals surface area contributed by atoms with E-state index in [1.165, 1.54) is 11.3 Å². The maximum absolute atomic E-state index is 13.9. The average molecular weight is 585 g/mol. The molecular formula is C28H30BrN3O4S. The number of hydrogen-bond donors (Lipinski definition) is 0. The number of carbonyl (C=O) groups excluding carboxylic acids is 1. The van der Waals surface area contributed by atoms with E-state index in [9.17, 15) is 9.59 Å². The number of ether oxygens (including phenoxy) is 2. The highest BCUT2D eigenvalue weighted by molar-refractivity contribution is 9.10. The Hall–Kier alpha value is -3.17. The van der Waals surface area contributed by atoms with Gasteiger partial charge in [0.05, 0.1) is 34.2 Å². The van der Waals surface area contributed by atoms with Crippen LogP contribution in [0, 0.1) is 0 Å². The standard InChI is InChI=1S/C28H30BrN3O4S/c1-7-35-27(34)24-17(4)30-28-32(25(24)19-10-8-9-11-22(19)36-16(2)3)26(33)23(37-28)15-18-12-13-21(31(5)6)20(29)14-18/h8-16,25H,7H2,1-6H3/b23-15+/t25-/m0/s1. The van der Waals surface area contributed by atoms with Gasteiger partial charge in [0.1, 0.15) is 11.8 Å². The molecule has 194 valence electrons. The van der Waals surface area contributed by atoms with Crippen LogP contribution in [0.1, 0.15) is 44.9 Å². The molecule has 3 aromatic rings. The van der Waals surface area contributed by atoms with Gasteiger partial charge in [0.2, 0.25) is 0 Å². The molecule has 1 aliphatic rings. The summed E-state index contributed by atoms with van der Waals surface area (Å²) in [6.45, 7) is 7.63. The van der Waals surface area contributed by atoms with Crippen molar-refractivity contribution in [3.05, 3.63) is 89.0 Å². The fraction of sp³-hybridized carbons (Fsp3) is 0.321. The molecule has 7 nitrogen and oxygen atoms in total. The molecule has 0 amide bonds. The fourth-order valence-corrected chi connectivity index (χ4v) is 6.08. The number of fused-ring (bicyclic) bond motifs is 1. The molecule has 0 radical (unpaired) electrons. The van der Waals surface area contributed by atoms with E-state index in [1.54, 1.807) is 18.4 Å². The van der Waals surface area contributed by atoms with Crippen molar-refractivity contribution >= 4 is 45.0 Å². The Labute approximate surface area is 228 Å². The van der Waals surface area contributed by atoms with Crippen molar-refractivity contribution in [2.75, 3.05) is 25.6 Å². The summed E-state index contributed by atoms with van der Waals surface area (Å²) in [7, 11) is 3.95. The average Bonchev–Trinajstić information content (AvgIpc) is 3.12. The van der Waals surface area contributed by atoms with Crippen LogP contribution in [0.15, 0.2) is 68.0 Å². The second-order valence-electron chi connectivity index (χ2n) is 9.11. The number of benzene rings is 2. The molecular weight excluding hydrogens is 554 g/mol. The molecule has 0 N–H and O–H groups in total. The molecule has 4 rings (SSSR count). The third kappa shape index (κ3) is 5.43. The summed E-state index contributed by atoms with van der Waals surface area (Å²) in [4.78, 5) is 34.2. The van der Waals surface area contributed by atoms with Crippen LogP contribution in [-0.2, 0) is 9.53 Å². The molecule has 2 aromatic carbocycles. The molecule has 37 heavy (non-hydrogen) atoms. The minimum Gasteiger partial charge on any atom is -0.491 e. The highest BCUT2D eigenvalue weighted by Gasteiger charge is 2.35. The molecule has 0 aliphatic carbocycles. The van der Waals surface area contributed by atoms with E-state index in [1.807, 2.05) is 81.4 Å². The Kier molecular flexibility index (Phi) is 8.04. The van der Waals surface area contributed by atoms with Gasteiger partial charge < -0.3 is 14.4 Å². The predicted molar refractivity (Wildman–Crippen MR) is 151 cm³/mol. The first kappa shape index (κ1) is 26.9. The van der Waals surface area contributed by atoms with Gasteiger partial charge in [-0.1, -0.05) is 35.6 Å². The monoisotopic (exact) mass is 583 g/mol. The number of halogens is 1. The van der Waals surface area contributed by atoms with Crippen molar-refractivity contribution in [3.63, 3.8) is 0 Å². The molecule has 1 atom stereocenters. The van der Waals surface area contributed by atoms with Gasteiger partial charge in [0, 0.05) is 24.1 Å². The number of rotatable bonds is 7. The van der Waals surface area contributed by atoms with Crippen LogP contribution in [-0.4, -0.2) is 37.3 Å². The van der Waals surface area contributed by atoms with Crippen molar-refractivity contribution < 1.29 is 14.3 Å². The lowest BCUT2D eigenvalue weighted by atomic mass is 9.95. The zero-order valence-corrected chi connectivity index (χ0v) is 24.1. The summed E-state index contributed by atoms with van der Waals surface area (Å²) in [6, 6.07) is 12.7. The van der Waals surface area contributed by atoms with Gasteiger partial charge >= 0.3 is 5.97 Å². The van der Waals surface area contributed by atoms with Gasteiger partial charge in [-0.15, -0.1) is 0 Å². The highest BCUT2D eigenvalue weighted by Crippen LogP contribution is 2.36. The lowest BCUT2D eigenvalue weighted by Gasteiger charge is -2.26. The summed E-state index contributed by atoms with van der Waals surface area (Å²) >= 11 is 4.92. The van der Waals surface area contributed by atoms with Crippen molar-refractivity contribution in [2.24, 2.45) is 4.99 Å². The van der Waals surface area contributed by atoms with Gasteiger partial charge in [0.25, 0.3) is 5.56 Å². The van der Waals surface area contributed by atoms with E-state index >= 15 is 0 Å². The van der Waals surface area contributed by atoms with Gasteiger partial charge in [0.15, 0.2) is 4.80 Å². The SMILES string of the molecule is CCOC(=O)C1=C(C)N=c2s/c(=C/c3ccc(N(C)C)c(Br)c3)c(=O)n2[C@H]1c1ccccc1OC(C)C. The molecule has 2 heterocycles. The van der Waals surface area contributed by atoms with Gasteiger partial charge in [-0.25, -0.2) is 9.79 Å². The van der Waals surface area contributed by atoms with E-state index < -0.39 is 12.0 Å². The van der Waals surface area contributed by atoms with Gasteiger partial charge in [-0.2, -0.15) is 0 Å². The van der Waals surface area contributed by atoms with Crippen molar-refractivity contribution in [3.8, 4) is 5.75 Å². The number of carbonyl (C=O) groups is 1. The largest absolute Gasteiger partial charge is 0.491 e. The first-order chi connectivity index (χ1) is 17.6. The van der Waals surface area contributed by atoms with Crippen LogP contribution < -0.4 is 24.5 Å². The molecule has 0 saturated heterocycles. The summed E-state index contributed by atoms with van der Waals surface area (Å²) in [5, 5.41) is 0. The first-order valence-electron chi connectivity index (χ1n) is 12.0. The number of allylic oxidation sites excluding steroid dienone is 1. The zero-order chi connectivity index (χ0) is 26.9. The van der Waals surface area contributed by atoms with Crippen LogP contribution in [0.3, 0.4) is 0 Å². The van der Waals surface area contributed by atoms with Crippen molar-refractivity contribution in [1.82, 2.24) is 4.57 Å². The number of esters is 1. The lowest BCUT2D eigenvalue weighted by Crippen LogP contribution is -2.40. The van der Waals surface area contributed by atoms with E-state index in [0.29, 0.717) is 31.9 Å². The normalized spacial score (nSPS) is 15.5. The van der Waals surface area contributed by atoms with E-state index in [0.717, 1.165) is 15.7 Å². The molecule has 0 spiro atoms. The summed E-state index contributed by atoms with van der Waals surface area (Å²) in [5.41, 5.74) is 3.25. The number of thiazole rings is 1. The van der Waals surface area contributed by atoms with Gasteiger partial charge in [-0.3, -0.25) is 9.36 Å². The maximum atomic E-state index is 13.9. The second-order valence-corrected chi connectivity index (χ2v) is 11.0. The Morgan fingerprint density at radius 3 is 2.62 bits per heavy atom. The minimum atomic E-state index is -0.727. The van der Waals surface area contributed by atoms with Gasteiger partial charge in [-0.05, 0) is 73.5 Å². The summed E-state index contributed by atoms with van der Waals surface area (Å²) in [5.74, 6) is 0.113. The number of nitrogens with zero attached hydrogens (tertiary/aromatic N) is 3.